The Morgan fingerprint density at radius 3 is 2.96 bits per heavy atom. The molecule has 1 atom stereocenters. The molecule has 27 heavy (non-hydrogen) atoms. The van der Waals surface area contributed by atoms with Crippen LogP contribution in [0.4, 0.5) is 5.95 Å². The number of aryl methyl sites for hydroxylation is 1. The second kappa shape index (κ2) is 5.90. The Hall–Kier alpha value is -2.19. The minimum absolute atomic E-state index is 0.252. The fourth-order valence-corrected chi connectivity index (χ4v) is 6.34. The second-order valence-electron chi connectivity index (χ2n) is 7.69. The molecule has 1 fully saturated rings. The number of benzene rings is 1. The van der Waals surface area contributed by atoms with Gasteiger partial charge >= 0.3 is 0 Å². The third-order valence-corrected chi connectivity index (χ3v) is 7.94. The summed E-state index contributed by atoms with van der Waals surface area (Å²) in [5, 5.41) is 0. The molecule has 0 amide bonds. The van der Waals surface area contributed by atoms with Crippen LogP contribution in [0.1, 0.15) is 36.1 Å². The van der Waals surface area contributed by atoms with E-state index < -0.39 is 10.0 Å². The lowest BCUT2D eigenvalue weighted by molar-refractivity contribution is 0.219. The molecule has 0 bridgehead atoms. The molecule has 0 saturated carbocycles. The molecule has 1 saturated heterocycles. The molecule has 3 aliphatic rings. The highest BCUT2D eigenvalue weighted by molar-refractivity contribution is 7.89. The molecule has 1 aliphatic carbocycles. The monoisotopic (exact) mass is 386 g/mol. The number of nitrogens with two attached hydrogens (primary N) is 1. The van der Waals surface area contributed by atoms with Gasteiger partial charge in [-0.1, -0.05) is 0 Å². The highest BCUT2D eigenvalue weighted by atomic mass is 32.2. The van der Waals surface area contributed by atoms with Crippen LogP contribution in [0.5, 0.6) is 5.75 Å². The first kappa shape index (κ1) is 16.9. The number of nitrogen functional groups attached to an aromatic ring is 1. The van der Waals surface area contributed by atoms with Crippen molar-refractivity contribution in [2.75, 3.05) is 25.4 Å². The predicted molar refractivity (Wildman–Crippen MR) is 100 cm³/mol. The van der Waals surface area contributed by atoms with E-state index in [1.807, 2.05) is 0 Å². The van der Waals surface area contributed by atoms with E-state index in [2.05, 4.69) is 9.97 Å². The number of fused-ring (bicyclic) bond motifs is 3. The number of anilines is 1. The number of rotatable bonds is 2. The van der Waals surface area contributed by atoms with Gasteiger partial charge in [0.2, 0.25) is 16.0 Å². The maximum atomic E-state index is 13.3. The standard InChI is InChI=1S/C19H22N4O3S/c20-18-21-11-14-4-7-19(17(14)22-18)6-1-8-23(12-19)27(24,25)15-2-3-16-13(10-15)5-9-26-16/h2-3,10-11H,1,4-9,12H2,(H2,20,21,22). The summed E-state index contributed by atoms with van der Waals surface area (Å²) < 4.78 is 33.8. The normalized spacial score (nSPS) is 24.6. The Kier molecular flexibility index (Phi) is 3.70. The van der Waals surface area contributed by atoms with Crippen molar-refractivity contribution in [2.45, 2.75) is 42.4 Å². The fourth-order valence-electron chi connectivity index (χ4n) is 4.72. The van der Waals surface area contributed by atoms with Crippen molar-refractivity contribution in [2.24, 2.45) is 0 Å². The van der Waals surface area contributed by atoms with Gasteiger partial charge in [-0.15, -0.1) is 0 Å². The third-order valence-electron chi connectivity index (χ3n) is 6.10. The summed E-state index contributed by atoms with van der Waals surface area (Å²) in [6.07, 6.45) is 6.06. The van der Waals surface area contributed by atoms with Crippen molar-refractivity contribution in [3.63, 3.8) is 0 Å². The van der Waals surface area contributed by atoms with Crippen LogP contribution in [0.3, 0.4) is 0 Å². The topological polar surface area (TPSA) is 98.4 Å². The fraction of sp³-hybridized carbons (Fsp3) is 0.474. The summed E-state index contributed by atoms with van der Waals surface area (Å²) >= 11 is 0. The van der Waals surface area contributed by atoms with E-state index in [0.717, 1.165) is 54.7 Å². The summed E-state index contributed by atoms with van der Waals surface area (Å²) in [5.41, 5.74) is 8.57. The maximum absolute atomic E-state index is 13.3. The van der Waals surface area contributed by atoms with Gasteiger partial charge in [0, 0.05) is 31.1 Å². The quantitative estimate of drug-likeness (QED) is 0.843. The third kappa shape index (κ3) is 2.62. The number of ether oxygens (including phenoxy) is 1. The van der Waals surface area contributed by atoms with Gasteiger partial charge in [0.05, 0.1) is 17.2 Å². The average Bonchev–Trinajstić information content (AvgIpc) is 3.27. The first-order valence-electron chi connectivity index (χ1n) is 9.36. The average molecular weight is 386 g/mol. The molecular weight excluding hydrogens is 364 g/mol. The Morgan fingerprint density at radius 2 is 2.07 bits per heavy atom. The van der Waals surface area contributed by atoms with Gasteiger partial charge in [0.1, 0.15) is 5.75 Å². The Morgan fingerprint density at radius 1 is 1.19 bits per heavy atom. The first-order valence-corrected chi connectivity index (χ1v) is 10.8. The van der Waals surface area contributed by atoms with Gasteiger partial charge in [-0.3, -0.25) is 0 Å². The minimum Gasteiger partial charge on any atom is -0.493 e. The summed E-state index contributed by atoms with van der Waals surface area (Å²) in [6.45, 7) is 1.60. The molecule has 1 aromatic heterocycles. The molecule has 2 aliphatic heterocycles. The van der Waals surface area contributed by atoms with E-state index in [-0.39, 0.29) is 11.4 Å². The number of piperidine rings is 1. The Labute approximate surface area is 158 Å². The van der Waals surface area contributed by atoms with Crippen LogP contribution in [-0.4, -0.2) is 42.4 Å². The van der Waals surface area contributed by atoms with Gasteiger partial charge in [-0.2, -0.15) is 4.31 Å². The minimum atomic E-state index is -3.56. The predicted octanol–water partition coefficient (Wildman–Crippen LogP) is 1.66. The molecule has 3 heterocycles. The van der Waals surface area contributed by atoms with Crippen molar-refractivity contribution in [3.8, 4) is 5.75 Å². The summed E-state index contributed by atoms with van der Waals surface area (Å²) in [7, 11) is -3.56. The lowest BCUT2D eigenvalue weighted by atomic mass is 9.78. The van der Waals surface area contributed by atoms with Crippen molar-refractivity contribution in [1.29, 1.82) is 0 Å². The molecule has 142 valence electrons. The first-order chi connectivity index (χ1) is 13.0. The van der Waals surface area contributed by atoms with Gasteiger partial charge in [0.25, 0.3) is 0 Å². The summed E-state index contributed by atoms with van der Waals surface area (Å²) in [6, 6.07) is 5.19. The van der Waals surface area contributed by atoms with Gasteiger partial charge in [0.15, 0.2) is 0 Å². The van der Waals surface area contributed by atoms with Crippen LogP contribution < -0.4 is 10.5 Å². The lowest BCUT2D eigenvalue weighted by Gasteiger charge is -2.39. The van der Waals surface area contributed by atoms with E-state index in [1.54, 1.807) is 28.7 Å². The smallest absolute Gasteiger partial charge is 0.243 e. The molecular formula is C19H22N4O3S. The molecule has 2 N–H and O–H groups in total. The molecule has 8 heteroatoms. The largest absolute Gasteiger partial charge is 0.493 e. The molecule has 7 nitrogen and oxygen atoms in total. The van der Waals surface area contributed by atoms with Gasteiger partial charge in [-0.05, 0) is 55.0 Å². The van der Waals surface area contributed by atoms with Crippen molar-refractivity contribution >= 4 is 16.0 Å². The Bertz CT molecular complexity index is 1020. The van der Waals surface area contributed by atoms with Crippen LogP contribution in [0.25, 0.3) is 0 Å². The van der Waals surface area contributed by atoms with E-state index in [4.69, 9.17) is 10.5 Å². The summed E-state index contributed by atoms with van der Waals surface area (Å²) in [5.74, 6) is 1.05. The van der Waals surface area contributed by atoms with Gasteiger partial charge in [-0.25, -0.2) is 18.4 Å². The molecule has 2 aromatic rings. The number of sulfonamides is 1. The number of aromatic nitrogens is 2. The number of nitrogens with zero attached hydrogens (tertiary/aromatic N) is 3. The number of hydrogen-bond donors (Lipinski definition) is 1. The molecule has 1 unspecified atom stereocenters. The van der Waals surface area contributed by atoms with Gasteiger partial charge < -0.3 is 10.5 Å². The maximum Gasteiger partial charge on any atom is 0.243 e. The Balaban J connectivity index is 1.49. The van der Waals surface area contributed by atoms with Crippen molar-refractivity contribution in [1.82, 2.24) is 14.3 Å². The van der Waals surface area contributed by atoms with Crippen LogP contribution >= 0.6 is 0 Å². The van der Waals surface area contributed by atoms with Crippen molar-refractivity contribution < 1.29 is 13.2 Å². The zero-order valence-electron chi connectivity index (χ0n) is 15.0. The van der Waals surface area contributed by atoms with Crippen LogP contribution in [-0.2, 0) is 28.3 Å². The molecule has 1 spiro atoms. The van der Waals surface area contributed by atoms with Crippen LogP contribution in [0, 0.1) is 0 Å². The van der Waals surface area contributed by atoms with E-state index in [9.17, 15) is 8.42 Å². The van der Waals surface area contributed by atoms with Crippen molar-refractivity contribution in [3.05, 3.63) is 41.2 Å². The lowest BCUT2D eigenvalue weighted by Crippen LogP contribution is -2.47. The highest BCUT2D eigenvalue weighted by Crippen LogP contribution is 2.45. The molecule has 1 aromatic carbocycles. The summed E-state index contributed by atoms with van der Waals surface area (Å²) in [4.78, 5) is 8.95. The van der Waals surface area contributed by atoms with E-state index in [1.165, 1.54) is 0 Å². The van der Waals surface area contributed by atoms with Crippen LogP contribution in [0.15, 0.2) is 29.3 Å². The van der Waals surface area contributed by atoms with Crippen LogP contribution in [0.2, 0.25) is 0 Å². The van der Waals surface area contributed by atoms with E-state index >= 15 is 0 Å². The highest BCUT2D eigenvalue weighted by Gasteiger charge is 2.46. The SMILES string of the molecule is Nc1ncc2c(n1)C1(CCCN(S(=O)(=O)c3ccc4c(c3)CCO4)C1)CC2. The molecule has 5 rings (SSSR count). The zero-order valence-corrected chi connectivity index (χ0v) is 15.8. The molecule has 0 radical (unpaired) electrons. The van der Waals surface area contributed by atoms with E-state index in [0.29, 0.717) is 24.6 Å². The number of hydrogen-bond acceptors (Lipinski definition) is 6. The second-order valence-corrected chi connectivity index (χ2v) is 9.63. The zero-order chi connectivity index (χ0) is 18.6.